The molecule has 32 heavy (non-hydrogen) atoms. The molecular weight excluding hydrogens is 440 g/mol. The smallest absolute Gasteiger partial charge is 0.271 e. The minimum absolute atomic E-state index is 0.0712. The number of nitrogens with zero attached hydrogens (tertiary/aromatic N) is 2. The molecular formula is C26H19ClN2O2S. The summed E-state index contributed by atoms with van der Waals surface area (Å²) in [7, 11) is 0. The van der Waals surface area contributed by atoms with Gasteiger partial charge in [-0.3, -0.25) is 9.36 Å². The van der Waals surface area contributed by atoms with E-state index in [1.165, 1.54) is 16.9 Å². The summed E-state index contributed by atoms with van der Waals surface area (Å²) in [5.41, 5.74) is 5.40. The van der Waals surface area contributed by atoms with Crippen molar-refractivity contribution in [3.05, 3.63) is 119 Å². The van der Waals surface area contributed by atoms with E-state index >= 15 is 0 Å². The van der Waals surface area contributed by atoms with Gasteiger partial charge < -0.3 is 4.42 Å². The van der Waals surface area contributed by atoms with Crippen molar-refractivity contribution in [2.45, 2.75) is 25.8 Å². The van der Waals surface area contributed by atoms with E-state index in [4.69, 9.17) is 21.0 Å². The highest BCUT2D eigenvalue weighted by atomic mass is 35.5. The van der Waals surface area contributed by atoms with Gasteiger partial charge in [-0.05, 0) is 54.7 Å². The zero-order valence-electron chi connectivity index (χ0n) is 17.3. The van der Waals surface area contributed by atoms with E-state index in [0.717, 1.165) is 41.0 Å². The average Bonchev–Trinajstić information content (AvgIpc) is 3.35. The first-order valence-electron chi connectivity index (χ1n) is 10.5. The molecule has 0 amide bonds. The number of halogens is 1. The van der Waals surface area contributed by atoms with E-state index in [2.05, 4.69) is 18.2 Å². The SMILES string of the molecule is Cc1ccc(/C=c2/sc3n(c2=O)C(c2ccccc2Cl)C2=C(N=3)c3ccccc3CC2)o1. The van der Waals surface area contributed by atoms with Gasteiger partial charge in [-0.15, -0.1) is 0 Å². The second kappa shape index (κ2) is 7.47. The van der Waals surface area contributed by atoms with E-state index in [1.54, 1.807) is 10.6 Å². The number of aromatic nitrogens is 1. The van der Waals surface area contributed by atoms with Crippen molar-refractivity contribution < 1.29 is 4.42 Å². The van der Waals surface area contributed by atoms with Crippen LogP contribution >= 0.6 is 22.9 Å². The second-order valence-corrected chi connectivity index (χ2v) is 9.50. The Balaban J connectivity index is 1.66. The summed E-state index contributed by atoms with van der Waals surface area (Å²) in [4.78, 5) is 19.3. The fourth-order valence-corrected chi connectivity index (χ4v) is 5.88. The number of hydrogen-bond donors (Lipinski definition) is 0. The molecule has 3 heterocycles. The van der Waals surface area contributed by atoms with Crippen LogP contribution in [-0.4, -0.2) is 4.57 Å². The maximum atomic E-state index is 13.6. The highest BCUT2D eigenvalue weighted by Crippen LogP contribution is 2.42. The Morgan fingerprint density at radius 3 is 2.72 bits per heavy atom. The largest absolute Gasteiger partial charge is 0.462 e. The first kappa shape index (κ1) is 19.5. The van der Waals surface area contributed by atoms with Gasteiger partial charge in [-0.25, -0.2) is 4.99 Å². The van der Waals surface area contributed by atoms with Crippen molar-refractivity contribution in [3.63, 3.8) is 0 Å². The average molecular weight is 459 g/mol. The summed E-state index contributed by atoms with van der Waals surface area (Å²) in [6.45, 7) is 1.89. The number of hydrogen-bond acceptors (Lipinski definition) is 4. The van der Waals surface area contributed by atoms with E-state index < -0.39 is 0 Å². The lowest BCUT2D eigenvalue weighted by Crippen LogP contribution is -2.38. The zero-order chi connectivity index (χ0) is 21.8. The summed E-state index contributed by atoms with van der Waals surface area (Å²) < 4.78 is 8.09. The second-order valence-electron chi connectivity index (χ2n) is 8.08. The number of thiazole rings is 1. The molecule has 0 bridgehead atoms. The number of benzene rings is 2. The van der Waals surface area contributed by atoms with Crippen molar-refractivity contribution in [3.8, 4) is 0 Å². The van der Waals surface area contributed by atoms with Crippen LogP contribution < -0.4 is 14.9 Å². The standard InChI is InChI=1S/C26H19ClN2O2S/c1-15-10-12-17(31-15)14-22-25(30)29-24(19-8-4-5-9-21(19)27)20-13-11-16-6-2-3-7-18(16)23(20)28-26(29)32-22/h2-10,12,14,24H,11,13H2,1H3/b22-14+. The van der Waals surface area contributed by atoms with Gasteiger partial charge in [-0.2, -0.15) is 0 Å². The molecule has 4 nitrogen and oxygen atoms in total. The monoisotopic (exact) mass is 458 g/mol. The van der Waals surface area contributed by atoms with Crippen molar-refractivity contribution in [2.24, 2.45) is 4.99 Å². The van der Waals surface area contributed by atoms with Gasteiger partial charge in [0.1, 0.15) is 11.5 Å². The van der Waals surface area contributed by atoms with Crippen molar-refractivity contribution in [1.82, 2.24) is 4.57 Å². The normalized spacial score (nSPS) is 17.6. The molecule has 0 saturated heterocycles. The Labute approximate surface area is 193 Å². The maximum absolute atomic E-state index is 13.6. The van der Waals surface area contributed by atoms with Gasteiger partial charge in [-0.1, -0.05) is 65.4 Å². The molecule has 158 valence electrons. The predicted octanol–water partition coefficient (Wildman–Crippen LogP) is 4.87. The molecule has 1 unspecified atom stereocenters. The van der Waals surface area contributed by atoms with Crippen molar-refractivity contribution in [1.29, 1.82) is 0 Å². The summed E-state index contributed by atoms with van der Waals surface area (Å²) in [6, 6.07) is 19.7. The minimum atomic E-state index is -0.274. The van der Waals surface area contributed by atoms with Crippen LogP contribution in [0.4, 0.5) is 0 Å². The molecule has 2 aliphatic rings. The first-order chi connectivity index (χ1) is 15.6. The topological polar surface area (TPSA) is 47.5 Å². The minimum Gasteiger partial charge on any atom is -0.462 e. The molecule has 6 rings (SSSR count). The van der Waals surface area contributed by atoms with Crippen LogP contribution in [0.15, 0.2) is 80.4 Å². The van der Waals surface area contributed by atoms with Crippen molar-refractivity contribution >= 4 is 34.7 Å². The lowest BCUT2D eigenvalue weighted by molar-refractivity contribution is 0.524. The molecule has 0 spiro atoms. The van der Waals surface area contributed by atoms with Crippen LogP contribution in [0.3, 0.4) is 0 Å². The van der Waals surface area contributed by atoms with Crippen LogP contribution in [0.1, 0.15) is 40.7 Å². The molecule has 2 aromatic carbocycles. The highest BCUT2D eigenvalue weighted by molar-refractivity contribution is 7.07. The lowest BCUT2D eigenvalue weighted by atomic mass is 9.83. The van der Waals surface area contributed by atoms with E-state index in [-0.39, 0.29) is 11.6 Å². The van der Waals surface area contributed by atoms with Gasteiger partial charge in [0, 0.05) is 16.7 Å². The van der Waals surface area contributed by atoms with Crippen LogP contribution in [0.5, 0.6) is 0 Å². The van der Waals surface area contributed by atoms with Gasteiger partial charge >= 0.3 is 0 Å². The number of aryl methyl sites for hydroxylation is 2. The van der Waals surface area contributed by atoms with Crippen LogP contribution in [0, 0.1) is 6.92 Å². The Morgan fingerprint density at radius 2 is 1.91 bits per heavy atom. The molecule has 1 aliphatic carbocycles. The number of rotatable bonds is 2. The van der Waals surface area contributed by atoms with Crippen LogP contribution in [-0.2, 0) is 6.42 Å². The molecule has 0 radical (unpaired) electrons. The lowest BCUT2D eigenvalue weighted by Gasteiger charge is -2.31. The van der Waals surface area contributed by atoms with Gasteiger partial charge in [0.25, 0.3) is 5.56 Å². The quantitative estimate of drug-likeness (QED) is 0.430. The molecule has 4 aromatic rings. The van der Waals surface area contributed by atoms with Gasteiger partial charge in [0.2, 0.25) is 0 Å². The number of furan rings is 1. The third-order valence-electron chi connectivity index (χ3n) is 6.11. The maximum Gasteiger partial charge on any atom is 0.271 e. The number of allylic oxidation sites excluding steroid dienone is 1. The van der Waals surface area contributed by atoms with Gasteiger partial charge in [0.05, 0.1) is 16.3 Å². The molecule has 0 N–H and O–H groups in total. The van der Waals surface area contributed by atoms with Crippen molar-refractivity contribution in [2.75, 3.05) is 0 Å². The third kappa shape index (κ3) is 3.04. The Hall–Kier alpha value is -3.15. The highest BCUT2D eigenvalue weighted by Gasteiger charge is 2.33. The van der Waals surface area contributed by atoms with E-state index in [1.807, 2.05) is 49.4 Å². The molecule has 0 fully saturated rings. The summed E-state index contributed by atoms with van der Waals surface area (Å²) in [6.07, 6.45) is 3.56. The predicted molar refractivity (Wildman–Crippen MR) is 128 cm³/mol. The first-order valence-corrected chi connectivity index (χ1v) is 11.7. The Morgan fingerprint density at radius 1 is 1.09 bits per heavy atom. The third-order valence-corrected chi connectivity index (χ3v) is 7.43. The zero-order valence-corrected chi connectivity index (χ0v) is 18.9. The summed E-state index contributed by atoms with van der Waals surface area (Å²) in [5.74, 6) is 1.47. The Bertz CT molecular complexity index is 1590. The van der Waals surface area contributed by atoms with Crippen LogP contribution in [0.25, 0.3) is 11.8 Å². The molecule has 6 heteroatoms. The van der Waals surface area contributed by atoms with E-state index in [9.17, 15) is 4.79 Å². The molecule has 0 saturated carbocycles. The van der Waals surface area contributed by atoms with Gasteiger partial charge in [0.15, 0.2) is 4.80 Å². The Kier molecular flexibility index (Phi) is 4.56. The summed E-state index contributed by atoms with van der Waals surface area (Å²) in [5, 5.41) is 0.654. The fourth-order valence-electron chi connectivity index (χ4n) is 4.66. The van der Waals surface area contributed by atoms with Crippen LogP contribution in [0.2, 0.25) is 5.02 Å². The fraction of sp³-hybridized carbons (Fsp3) is 0.154. The van der Waals surface area contributed by atoms with E-state index in [0.29, 0.717) is 20.1 Å². The summed E-state index contributed by atoms with van der Waals surface area (Å²) >= 11 is 8.05. The molecule has 1 aliphatic heterocycles. The number of fused-ring (bicyclic) bond motifs is 3. The molecule has 1 atom stereocenters. The molecule has 2 aromatic heterocycles.